The van der Waals surface area contributed by atoms with Gasteiger partial charge in [-0.2, -0.15) is 0 Å². The first-order chi connectivity index (χ1) is 5.65. The summed E-state index contributed by atoms with van der Waals surface area (Å²) < 4.78 is 28.8. The van der Waals surface area contributed by atoms with Crippen LogP contribution in [0.15, 0.2) is 0 Å². The Morgan fingerprint density at radius 3 is 2.75 bits per heavy atom. The summed E-state index contributed by atoms with van der Waals surface area (Å²) in [4.78, 5) is 0. The van der Waals surface area contributed by atoms with Gasteiger partial charge < -0.3 is 4.52 Å². The molecule has 0 spiro atoms. The van der Waals surface area contributed by atoms with Gasteiger partial charge in [-0.3, -0.25) is 8.96 Å². The molecule has 0 aromatic carbocycles. The number of halogens is 1. The maximum absolute atomic E-state index is 12.3. The lowest BCUT2D eigenvalue weighted by atomic mass is 9.99. The maximum Gasteiger partial charge on any atom is 0.204 e. The number of rotatable bonds is 2. The second-order valence-electron chi connectivity index (χ2n) is 3.05. The summed E-state index contributed by atoms with van der Waals surface area (Å²) in [5.74, 6) is 1.99. The molecule has 4 heteroatoms. The van der Waals surface area contributed by atoms with Gasteiger partial charge in [0.25, 0.3) is 0 Å². The average molecular weight is 190 g/mol. The van der Waals surface area contributed by atoms with Crippen LogP contribution in [0, 0.1) is 24.2 Å². The lowest BCUT2D eigenvalue weighted by Crippen LogP contribution is -2.11. The maximum atomic E-state index is 12.3. The molecule has 68 valence electrons. The summed E-state index contributed by atoms with van der Waals surface area (Å²) in [7, 11) is -1.18. The smallest absolute Gasteiger partial charge is 0.204 e. The van der Waals surface area contributed by atoms with Gasteiger partial charge in [0, 0.05) is 31.3 Å². The van der Waals surface area contributed by atoms with Gasteiger partial charge >= 0.3 is 0 Å². The molecule has 0 aromatic heterocycles. The molecule has 0 radical (unpaired) electrons. The predicted molar refractivity (Wildman–Crippen MR) is 46.1 cm³/mol. The lowest BCUT2D eigenvalue weighted by molar-refractivity contribution is 0.352. The third-order valence-corrected chi connectivity index (χ3v) is 4.94. The Kier molecular flexibility index (Phi) is 2.93. The topological polar surface area (TPSA) is 26.3 Å². The summed E-state index contributed by atoms with van der Waals surface area (Å²) in [5, 5.41) is 0. The van der Waals surface area contributed by atoms with Crippen molar-refractivity contribution in [3.63, 3.8) is 0 Å². The van der Waals surface area contributed by atoms with Crippen molar-refractivity contribution in [2.24, 2.45) is 11.8 Å². The van der Waals surface area contributed by atoms with E-state index >= 15 is 0 Å². The highest BCUT2D eigenvalue weighted by molar-refractivity contribution is 7.59. The van der Waals surface area contributed by atoms with Crippen LogP contribution in [-0.2, 0) is 9.09 Å². The first-order valence-electron chi connectivity index (χ1n) is 3.81. The zero-order valence-corrected chi connectivity index (χ0v) is 7.89. The van der Waals surface area contributed by atoms with E-state index in [-0.39, 0.29) is 11.8 Å². The van der Waals surface area contributed by atoms with Crippen molar-refractivity contribution in [2.75, 3.05) is 26.1 Å². The molecule has 0 saturated carbocycles. The minimum Gasteiger partial charge on any atom is -0.332 e. The molecule has 1 heterocycles. The van der Waals surface area contributed by atoms with E-state index in [1.807, 2.05) is 0 Å². The van der Waals surface area contributed by atoms with Gasteiger partial charge in [0.15, 0.2) is 0 Å². The quantitative estimate of drug-likeness (QED) is 0.490. The van der Waals surface area contributed by atoms with Crippen molar-refractivity contribution in [2.45, 2.75) is 0 Å². The van der Waals surface area contributed by atoms with Crippen LogP contribution in [0.1, 0.15) is 0 Å². The SMILES string of the molecule is C#CC1CP(=O)(OC)CC1CF. The highest BCUT2D eigenvalue weighted by Gasteiger charge is 2.41. The van der Waals surface area contributed by atoms with Gasteiger partial charge in [-0.25, -0.2) is 0 Å². The van der Waals surface area contributed by atoms with Gasteiger partial charge in [0.1, 0.15) is 0 Å². The van der Waals surface area contributed by atoms with Crippen LogP contribution in [-0.4, -0.2) is 26.1 Å². The van der Waals surface area contributed by atoms with Crippen LogP contribution in [0.4, 0.5) is 4.39 Å². The van der Waals surface area contributed by atoms with E-state index in [0.717, 1.165) is 0 Å². The summed E-state index contributed by atoms with van der Waals surface area (Å²) in [6, 6.07) is 0. The van der Waals surface area contributed by atoms with Gasteiger partial charge in [-0.05, 0) is 0 Å². The van der Waals surface area contributed by atoms with E-state index in [9.17, 15) is 8.96 Å². The van der Waals surface area contributed by atoms with E-state index in [4.69, 9.17) is 10.9 Å². The third-order valence-electron chi connectivity index (χ3n) is 2.30. The zero-order chi connectivity index (χ0) is 9.19. The fraction of sp³-hybridized carbons (Fsp3) is 0.750. The predicted octanol–water partition coefficient (Wildman–Crippen LogP) is 1.76. The number of alkyl halides is 1. The fourth-order valence-corrected chi connectivity index (χ4v) is 4.02. The van der Waals surface area contributed by atoms with Crippen molar-refractivity contribution < 1.29 is 13.5 Å². The van der Waals surface area contributed by atoms with E-state index in [1.165, 1.54) is 7.11 Å². The monoisotopic (exact) mass is 190 g/mol. The third kappa shape index (κ3) is 1.71. The Bertz CT molecular complexity index is 246. The molecule has 1 fully saturated rings. The molecule has 1 aliphatic rings. The first-order valence-corrected chi connectivity index (χ1v) is 5.80. The Morgan fingerprint density at radius 2 is 2.42 bits per heavy atom. The zero-order valence-electron chi connectivity index (χ0n) is 7.00. The van der Waals surface area contributed by atoms with Crippen molar-refractivity contribution >= 4 is 7.37 Å². The molecular formula is C8H12FO2P. The van der Waals surface area contributed by atoms with Crippen LogP contribution < -0.4 is 0 Å². The number of hydrogen-bond acceptors (Lipinski definition) is 2. The van der Waals surface area contributed by atoms with Crippen molar-refractivity contribution in [1.29, 1.82) is 0 Å². The van der Waals surface area contributed by atoms with E-state index in [2.05, 4.69) is 5.92 Å². The summed E-state index contributed by atoms with van der Waals surface area (Å²) in [6.45, 7) is -0.498. The largest absolute Gasteiger partial charge is 0.332 e. The Morgan fingerprint density at radius 1 is 1.75 bits per heavy atom. The molecule has 1 aliphatic heterocycles. The molecule has 3 atom stereocenters. The molecule has 0 N–H and O–H groups in total. The molecule has 0 aromatic rings. The van der Waals surface area contributed by atoms with Crippen molar-refractivity contribution in [3.8, 4) is 12.3 Å². The van der Waals surface area contributed by atoms with E-state index in [0.29, 0.717) is 12.3 Å². The van der Waals surface area contributed by atoms with Crippen LogP contribution in [0.2, 0.25) is 0 Å². The normalized spacial score (nSPS) is 41.1. The van der Waals surface area contributed by atoms with Gasteiger partial charge in [0.05, 0.1) is 6.67 Å². The average Bonchev–Trinajstić information content (AvgIpc) is 2.43. The molecule has 3 unspecified atom stereocenters. The molecule has 2 nitrogen and oxygen atoms in total. The molecule has 1 saturated heterocycles. The number of hydrogen-bond donors (Lipinski definition) is 0. The van der Waals surface area contributed by atoms with Gasteiger partial charge in [-0.15, -0.1) is 12.3 Å². The van der Waals surface area contributed by atoms with Crippen molar-refractivity contribution in [3.05, 3.63) is 0 Å². The highest BCUT2D eigenvalue weighted by Crippen LogP contribution is 2.56. The molecule has 0 amide bonds. The molecule has 12 heavy (non-hydrogen) atoms. The van der Waals surface area contributed by atoms with Gasteiger partial charge in [-0.1, -0.05) is 0 Å². The highest BCUT2D eigenvalue weighted by atomic mass is 31.2. The van der Waals surface area contributed by atoms with Crippen LogP contribution in [0.25, 0.3) is 0 Å². The minimum atomic E-state index is -2.58. The fourth-order valence-electron chi connectivity index (χ4n) is 1.50. The summed E-state index contributed by atoms with van der Waals surface area (Å²) in [5.41, 5.74) is 0. The molecule has 0 aliphatic carbocycles. The summed E-state index contributed by atoms with van der Waals surface area (Å²) >= 11 is 0. The lowest BCUT2D eigenvalue weighted by Gasteiger charge is -2.06. The Balaban J connectivity index is 2.73. The van der Waals surface area contributed by atoms with Crippen molar-refractivity contribution in [1.82, 2.24) is 0 Å². The van der Waals surface area contributed by atoms with Crippen LogP contribution in [0.3, 0.4) is 0 Å². The minimum absolute atomic E-state index is 0.208. The first kappa shape index (κ1) is 9.77. The number of terminal acetylenes is 1. The van der Waals surface area contributed by atoms with Crippen LogP contribution >= 0.6 is 7.37 Å². The second kappa shape index (κ2) is 3.60. The van der Waals surface area contributed by atoms with E-state index in [1.54, 1.807) is 0 Å². The Hall–Kier alpha value is -0.320. The molecular weight excluding hydrogens is 178 g/mol. The molecule has 0 bridgehead atoms. The standard InChI is InChI=1S/C8H12FO2P/c1-3-7-5-12(10,11-2)6-8(7)4-9/h1,7-8H,4-6H2,2H3. The second-order valence-corrected chi connectivity index (χ2v) is 5.77. The Labute approximate surface area is 71.9 Å². The van der Waals surface area contributed by atoms with Crippen LogP contribution in [0.5, 0.6) is 0 Å². The summed E-state index contributed by atoms with van der Waals surface area (Å²) in [6.07, 6.45) is 5.82. The molecule has 1 rings (SSSR count). The van der Waals surface area contributed by atoms with Gasteiger partial charge in [0.2, 0.25) is 7.37 Å². The van der Waals surface area contributed by atoms with E-state index < -0.39 is 14.0 Å².